The van der Waals surface area contributed by atoms with Gasteiger partial charge in [0.05, 0.1) is 46.6 Å². The summed E-state index contributed by atoms with van der Waals surface area (Å²) in [6, 6.07) is 1.99. The highest BCUT2D eigenvalue weighted by atomic mass is 32.2. The van der Waals surface area contributed by atoms with E-state index in [-0.39, 0.29) is 54.0 Å². The van der Waals surface area contributed by atoms with Gasteiger partial charge in [-0.15, -0.1) is 11.8 Å². The first-order chi connectivity index (χ1) is 22.9. The summed E-state index contributed by atoms with van der Waals surface area (Å²) in [4.78, 5) is 23.5. The van der Waals surface area contributed by atoms with Gasteiger partial charge in [0.1, 0.15) is 5.82 Å². The number of nitrogens with zero attached hydrogens (tertiary/aromatic N) is 3. The number of rotatable bonds is 10. The number of hydrogen-bond donors (Lipinski definition) is 2. The number of ether oxygens (including phenoxy) is 1. The topological polar surface area (TPSA) is 102 Å². The number of aliphatic hydroxyl groups excluding tert-OH is 1. The number of carbonyl (C=O) groups is 1. The lowest BCUT2D eigenvalue weighted by Crippen LogP contribution is -2.57. The van der Waals surface area contributed by atoms with Crippen molar-refractivity contribution in [1.29, 1.82) is 0 Å². The molecule has 1 aliphatic heterocycles. The summed E-state index contributed by atoms with van der Waals surface area (Å²) in [6.45, 7) is 3.12. The zero-order chi connectivity index (χ0) is 36.3. The first-order valence-electron chi connectivity index (χ1n) is 15.2. The second kappa shape index (κ2) is 15.1. The van der Waals surface area contributed by atoms with Gasteiger partial charge in [-0.1, -0.05) is 6.92 Å². The van der Waals surface area contributed by atoms with Gasteiger partial charge in [0.25, 0.3) is 0 Å². The Morgan fingerprint density at radius 1 is 0.939 bits per heavy atom. The van der Waals surface area contributed by atoms with E-state index in [2.05, 4.69) is 9.97 Å². The Bertz CT molecular complexity index is 1600. The van der Waals surface area contributed by atoms with Crippen molar-refractivity contribution < 1.29 is 54.2 Å². The molecule has 0 saturated carbocycles. The number of anilines is 1. The maximum absolute atomic E-state index is 13.9. The van der Waals surface area contributed by atoms with Crippen molar-refractivity contribution in [3.05, 3.63) is 81.9 Å². The molecule has 0 spiro atoms. The van der Waals surface area contributed by atoms with E-state index in [4.69, 9.17) is 15.6 Å². The highest BCUT2D eigenvalue weighted by Crippen LogP contribution is 2.45. The molecule has 2 aromatic carbocycles. The highest BCUT2D eigenvalue weighted by Gasteiger charge is 2.45. The standard InChI is InChI=1S/C32H33F9N4O3S/c1-3-23-27(42)26(21-15-18(30(33,34)35)7-8-24(21)45(23)29(47)48-4-2)28-43-16-25(49-10-6-5-9-46)22(44-28)13-17-11-19(31(36,37)38)14-20(12-17)32(39,40)41/h7-8,11-12,14-16,23,26-27,46H,3-6,9-10,13,42H2,1-2H3. The lowest BCUT2D eigenvalue weighted by Gasteiger charge is -2.43. The Hall–Kier alpha value is -3.57. The van der Waals surface area contributed by atoms with Crippen LogP contribution >= 0.6 is 11.8 Å². The van der Waals surface area contributed by atoms with Gasteiger partial charge in [-0.3, -0.25) is 4.90 Å². The SMILES string of the molecule is CCOC(=O)N1c2ccc(C(F)(F)F)cc2C(c2ncc(SCCCCO)c(Cc3cc(C(F)(F)F)cc(C(F)(F)F)c3)n2)C(N)C1CC. The minimum Gasteiger partial charge on any atom is -0.449 e. The minimum absolute atomic E-state index is 0.00978. The third-order valence-electron chi connectivity index (χ3n) is 7.95. The molecule has 0 radical (unpaired) electrons. The lowest BCUT2D eigenvalue weighted by atomic mass is 9.79. The summed E-state index contributed by atoms with van der Waals surface area (Å²) in [5.74, 6) is -0.917. The molecule has 3 unspecified atom stereocenters. The molecular formula is C32H33F9N4O3S. The number of unbranched alkanes of at least 4 members (excludes halogenated alkanes) is 1. The number of alkyl halides is 9. The molecule has 49 heavy (non-hydrogen) atoms. The zero-order valence-electron chi connectivity index (χ0n) is 26.2. The van der Waals surface area contributed by atoms with E-state index in [1.54, 1.807) is 13.8 Å². The van der Waals surface area contributed by atoms with Gasteiger partial charge in [-0.05, 0) is 79.5 Å². The summed E-state index contributed by atoms with van der Waals surface area (Å²) in [7, 11) is 0. The molecule has 7 nitrogen and oxygen atoms in total. The molecule has 1 aliphatic rings. The van der Waals surface area contributed by atoms with Gasteiger partial charge < -0.3 is 15.6 Å². The number of aromatic nitrogens is 2. The third-order valence-corrected chi connectivity index (χ3v) is 9.09. The van der Waals surface area contributed by atoms with Crippen molar-refractivity contribution in [3.8, 4) is 0 Å². The molecule has 0 saturated heterocycles. The van der Waals surface area contributed by atoms with Crippen molar-refractivity contribution in [3.63, 3.8) is 0 Å². The number of hydrogen-bond acceptors (Lipinski definition) is 7. The van der Waals surface area contributed by atoms with E-state index >= 15 is 0 Å². The summed E-state index contributed by atoms with van der Waals surface area (Å²) >= 11 is 1.16. The van der Waals surface area contributed by atoms with E-state index in [9.17, 15) is 44.3 Å². The van der Waals surface area contributed by atoms with Crippen LogP contribution in [0.5, 0.6) is 0 Å². The van der Waals surface area contributed by atoms with E-state index in [1.807, 2.05) is 0 Å². The van der Waals surface area contributed by atoms with Gasteiger partial charge in [0, 0.05) is 30.2 Å². The molecule has 0 aliphatic carbocycles. The molecule has 4 rings (SSSR count). The first-order valence-corrected chi connectivity index (χ1v) is 16.2. The predicted molar refractivity (Wildman–Crippen MR) is 163 cm³/mol. The van der Waals surface area contributed by atoms with Gasteiger partial charge in [-0.2, -0.15) is 39.5 Å². The van der Waals surface area contributed by atoms with Gasteiger partial charge >= 0.3 is 24.6 Å². The van der Waals surface area contributed by atoms with Crippen molar-refractivity contribution in [2.45, 2.75) is 81.0 Å². The number of thioether (sulfide) groups is 1. The molecule has 0 bridgehead atoms. The molecule has 3 atom stereocenters. The fourth-order valence-electron chi connectivity index (χ4n) is 5.70. The molecule has 3 N–H and O–H groups in total. The van der Waals surface area contributed by atoms with Crippen molar-refractivity contribution in [1.82, 2.24) is 9.97 Å². The molecule has 3 aromatic rings. The summed E-state index contributed by atoms with van der Waals surface area (Å²) in [5, 5.41) is 9.14. The van der Waals surface area contributed by atoms with Crippen molar-refractivity contribution in [2.75, 3.05) is 23.9 Å². The Morgan fingerprint density at radius 3 is 2.12 bits per heavy atom. The summed E-state index contributed by atoms with van der Waals surface area (Å²) in [5.41, 5.74) is 2.23. The van der Waals surface area contributed by atoms with Crippen LogP contribution in [-0.4, -0.2) is 52.2 Å². The number of fused-ring (bicyclic) bond motifs is 1. The maximum atomic E-state index is 13.9. The maximum Gasteiger partial charge on any atom is 0.416 e. The number of carbonyl (C=O) groups excluding carboxylic acids is 1. The summed E-state index contributed by atoms with van der Waals surface area (Å²) < 4.78 is 129. The van der Waals surface area contributed by atoms with Gasteiger partial charge in [0.15, 0.2) is 0 Å². The first kappa shape index (κ1) is 38.2. The van der Waals surface area contributed by atoms with Gasteiger partial charge in [0.2, 0.25) is 0 Å². The monoisotopic (exact) mass is 724 g/mol. The van der Waals surface area contributed by atoms with Crippen LogP contribution in [-0.2, 0) is 29.7 Å². The number of nitrogens with two attached hydrogens (primary N) is 1. The van der Waals surface area contributed by atoms with Crippen molar-refractivity contribution >= 4 is 23.5 Å². The molecular weight excluding hydrogens is 691 g/mol. The quantitative estimate of drug-likeness (QED) is 0.124. The number of aliphatic hydroxyl groups is 1. The van der Waals surface area contributed by atoms with Crippen LogP contribution < -0.4 is 10.6 Å². The molecule has 17 heteroatoms. The van der Waals surface area contributed by atoms with E-state index in [0.717, 1.165) is 30.0 Å². The van der Waals surface area contributed by atoms with Crippen LogP contribution in [0, 0.1) is 0 Å². The lowest BCUT2D eigenvalue weighted by molar-refractivity contribution is -0.143. The van der Waals surface area contributed by atoms with Crippen LogP contribution in [0.1, 0.15) is 78.4 Å². The Labute approximate surface area is 280 Å². The number of benzene rings is 2. The average molecular weight is 725 g/mol. The summed E-state index contributed by atoms with van der Waals surface area (Å²) in [6.07, 6.45) is -13.9. The Kier molecular flexibility index (Phi) is 11.8. The fraction of sp³-hybridized carbons (Fsp3) is 0.469. The van der Waals surface area contributed by atoms with E-state index in [0.29, 0.717) is 35.6 Å². The Balaban J connectivity index is 1.91. The van der Waals surface area contributed by atoms with Crippen LogP contribution in [0.15, 0.2) is 47.5 Å². The zero-order valence-corrected chi connectivity index (χ0v) is 27.0. The van der Waals surface area contributed by atoms with E-state index < -0.39 is 65.7 Å². The highest BCUT2D eigenvalue weighted by molar-refractivity contribution is 7.99. The van der Waals surface area contributed by atoms with Crippen molar-refractivity contribution in [2.24, 2.45) is 5.73 Å². The molecule has 1 amide bonds. The average Bonchev–Trinajstić information content (AvgIpc) is 3.01. The molecule has 1 aromatic heterocycles. The Morgan fingerprint density at radius 2 is 1.57 bits per heavy atom. The number of halogens is 9. The predicted octanol–water partition coefficient (Wildman–Crippen LogP) is 8.20. The smallest absolute Gasteiger partial charge is 0.416 e. The van der Waals surface area contributed by atoms with Crippen LogP contribution in [0.25, 0.3) is 0 Å². The normalized spacial score (nSPS) is 18.4. The molecule has 268 valence electrons. The fourth-order valence-corrected chi connectivity index (χ4v) is 6.68. The van der Waals surface area contributed by atoms with Crippen LogP contribution in [0.2, 0.25) is 0 Å². The van der Waals surface area contributed by atoms with Crippen LogP contribution in [0.4, 0.5) is 50.0 Å². The third kappa shape index (κ3) is 8.78. The largest absolute Gasteiger partial charge is 0.449 e. The molecule has 0 fully saturated rings. The molecule has 2 heterocycles. The second-order valence-electron chi connectivity index (χ2n) is 11.3. The second-order valence-corrected chi connectivity index (χ2v) is 12.4. The van der Waals surface area contributed by atoms with Crippen LogP contribution in [0.3, 0.4) is 0 Å². The van der Waals surface area contributed by atoms with Gasteiger partial charge in [-0.25, -0.2) is 14.8 Å². The minimum atomic E-state index is -5.09. The van der Waals surface area contributed by atoms with E-state index in [1.165, 1.54) is 11.1 Å². The number of amides is 1.